The number of likely N-dealkylation sites (N-methyl/N-ethyl adjacent to an activating group) is 1. The minimum absolute atomic E-state index is 0.216. The molecular formula is C10H23IN2O2. The second-order valence-corrected chi connectivity index (χ2v) is 3.09. The average Bonchev–Trinajstić information content (AvgIpc) is 2.22. The van der Waals surface area contributed by atoms with E-state index >= 15 is 0 Å². The van der Waals surface area contributed by atoms with Gasteiger partial charge in [-0.3, -0.25) is 0 Å². The zero-order valence-corrected chi connectivity index (χ0v) is 12.6. The molecule has 0 radical (unpaired) electrons. The standard InChI is InChI=1S/C9H20N2O2.CH3I/c1-5-11(6-2)9(12)13-8-7-10(3)4;1-2/h5-8H2,1-4H3;1H3. The Morgan fingerprint density at radius 1 is 1.20 bits per heavy atom. The molecule has 5 heteroatoms. The van der Waals surface area contributed by atoms with Gasteiger partial charge in [-0.2, -0.15) is 0 Å². The molecule has 0 spiro atoms. The summed E-state index contributed by atoms with van der Waals surface area (Å²) >= 11 is 2.15. The first-order valence-electron chi connectivity index (χ1n) is 5.06. The molecule has 1 amide bonds. The average molecular weight is 330 g/mol. The van der Waals surface area contributed by atoms with E-state index < -0.39 is 0 Å². The molecule has 0 unspecified atom stereocenters. The van der Waals surface area contributed by atoms with Crippen molar-refractivity contribution in [3.05, 3.63) is 0 Å². The van der Waals surface area contributed by atoms with Crippen LogP contribution in [-0.4, -0.2) is 61.2 Å². The van der Waals surface area contributed by atoms with Gasteiger partial charge in [0.05, 0.1) is 0 Å². The molecule has 0 bridgehead atoms. The van der Waals surface area contributed by atoms with Crippen molar-refractivity contribution in [2.45, 2.75) is 13.8 Å². The van der Waals surface area contributed by atoms with Crippen LogP contribution in [0, 0.1) is 0 Å². The van der Waals surface area contributed by atoms with Crippen molar-refractivity contribution in [3.63, 3.8) is 0 Å². The summed E-state index contributed by atoms with van der Waals surface area (Å²) in [5.74, 6) is 0. The molecular weight excluding hydrogens is 307 g/mol. The highest BCUT2D eigenvalue weighted by atomic mass is 127. The first-order valence-corrected chi connectivity index (χ1v) is 7.21. The summed E-state index contributed by atoms with van der Waals surface area (Å²) in [7, 11) is 3.90. The minimum atomic E-state index is -0.216. The predicted octanol–water partition coefficient (Wildman–Crippen LogP) is 2.08. The van der Waals surface area contributed by atoms with Crippen LogP contribution in [0.15, 0.2) is 0 Å². The Hall–Kier alpha value is -0.0400. The Labute approximate surface area is 107 Å². The van der Waals surface area contributed by atoms with Crippen LogP contribution in [-0.2, 0) is 4.74 Å². The van der Waals surface area contributed by atoms with Crippen LogP contribution in [0.3, 0.4) is 0 Å². The van der Waals surface area contributed by atoms with Crippen molar-refractivity contribution in [1.29, 1.82) is 0 Å². The lowest BCUT2D eigenvalue weighted by atomic mass is 10.5. The summed E-state index contributed by atoms with van der Waals surface area (Å²) in [5.41, 5.74) is 0. The van der Waals surface area contributed by atoms with Gasteiger partial charge in [-0.25, -0.2) is 4.79 Å². The highest BCUT2D eigenvalue weighted by molar-refractivity contribution is 14.1. The van der Waals surface area contributed by atoms with Crippen molar-refractivity contribution >= 4 is 28.7 Å². The van der Waals surface area contributed by atoms with E-state index in [9.17, 15) is 4.79 Å². The number of amides is 1. The highest BCUT2D eigenvalue weighted by Gasteiger charge is 2.09. The maximum Gasteiger partial charge on any atom is 0.409 e. The molecule has 0 heterocycles. The smallest absolute Gasteiger partial charge is 0.409 e. The Kier molecular flexibility index (Phi) is 13.9. The zero-order valence-electron chi connectivity index (χ0n) is 10.4. The maximum absolute atomic E-state index is 11.3. The van der Waals surface area contributed by atoms with Crippen molar-refractivity contribution in [2.24, 2.45) is 0 Å². The fourth-order valence-electron chi connectivity index (χ4n) is 0.889. The topological polar surface area (TPSA) is 32.8 Å². The van der Waals surface area contributed by atoms with Crippen LogP contribution < -0.4 is 0 Å². The second-order valence-electron chi connectivity index (χ2n) is 3.09. The lowest BCUT2D eigenvalue weighted by Crippen LogP contribution is -2.32. The lowest BCUT2D eigenvalue weighted by molar-refractivity contribution is 0.0995. The molecule has 92 valence electrons. The van der Waals surface area contributed by atoms with Crippen LogP contribution in [0.2, 0.25) is 0 Å². The summed E-state index contributed by atoms with van der Waals surface area (Å²) < 4.78 is 5.04. The number of rotatable bonds is 5. The molecule has 0 N–H and O–H groups in total. The van der Waals surface area contributed by atoms with Crippen molar-refractivity contribution in [2.75, 3.05) is 45.3 Å². The van der Waals surface area contributed by atoms with E-state index in [0.29, 0.717) is 19.7 Å². The van der Waals surface area contributed by atoms with Gasteiger partial charge in [0, 0.05) is 19.6 Å². The normalized spacial score (nSPS) is 9.27. The number of carbonyl (C=O) groups excluding carboxylic acids is 1. The fourth-order valence-corrected chi connectivity index (χ4v) is 0.889. The summed E-state index contributed by atoms with van der Waals surface area (Å²) in [6, 6.07) is 0. The molecule has 0 aromatic heterocycles. The Morgan fingerprint density at radius 3 is 2.00 bits per heavy atom. The number of hydrogen-bond acceptors (Lipinski definition) is 3. The molecule has 4 nitrogen and oxygen atoms in total. The highest BCUT2D eigenvalue weighted by Crippen LogP contribution is 1.92. The van der Waals surface area contributed by atoms with E-state index in [1.165, 1.54) is 0 Å². The summed E-state index contributed by atoms with van der Waals surface area (Å²) in [4.78, 5) is 16.9. The molecule has 0 aromatic carbocycles. The van der Waals surface area contributed by atoms with Gasteiger partial charge in [0.2, 0.25) is 0 Å². The number of nitrogens with zero attached hydrogens (tertiary/aromatic N) is 2. The van der Waals surface area contributed by atoms with E-state index in [1.54, 1.807) is 4.90 Å². The van der Waals surface area contributed by atoms with Gasteiger partial charge >= 0.3 is 6.09 Å². The molecule has 15 heavy (non-hydrogen) atoms. The molecule has 0 aliphatic rings. The van der Waals surface area contributed by atoms with Gasteiger partial charge in [0.1, 0.15) is 6.61 Å². The molecule has 0 atom stereocenters. The van der Waals surface area contributed by atoms with Crippen LogP contribution in [0.5, 0.6) is 0 Å². The number of halogens is 1. The van der Waals surface area contributed by atoms with E-state index in [4.69, 9.17) is 4.74 Å². The van der Waals surface area contributed by atoms with Crippen LogP contribution in [0.1, 0.15) is 13.8 Å². The summed E-state index contributed by atoms with van der Waals surface area (Å²) in [6.07, 6.45) is -0.216. The molecule has 0 aromatic rings. The maximum atomic E-state index is 11.3. The second kappa shape index (κ2) is 12.0. The molecule has 0 fully saturated rings. The quantitative estimate of drug-likeness (QED) is 0.572. The molecule has 0 aliphatic carbocycles. The summed E-state index contributed by atoms with van der Waals surface area (Å²) in [6.45, 7) is 6.53. The number of carbonyl (C=O) groups is 1. The fraction of sp³-hybridized carbons (Fsp3) is 0.900. The SMILES string of the molecule is CCN(CC)C(=O)OCCN(C)C.CI. The Morgan fingerprint density at radius 2 is 1.67 bits per heavy atom. The van der Waals surface area contributed by atoms with E-state index in [2.05, 4.69) is 22.6 Å². The van der Waals surface area contributed by atoms with Crippen molar-refractivity contribution in [3.8, 4) is 0 Å². The molecule has 0 saturated carbocycles. The van der Waals surface area contributed by atoms with Gasteiger partial charge in [0.25, 0.3) is 0 Å². The van der Waals surface area contributed by atoms with Crippen LogP contribution in [0.25, 0.3) is 0 Å². The van der Waals surface area contributed by atoms with Gasteiger partial charge in [-0.05, 0) is 32.9 Å². The number of ether oxygens (including phenoxy) is 1. The minimum Gasteiger partial charge on any atom is -0.448 e. The monoisotopic (exact) mass is 330 g/mol. The van der Waals surface area contributed by atoms with Crippen molar-refractivity contribution < 1.29 is 9.53 Å². The number of alkyl halides is 1. The first-order chi connectivity index (χ1) is 7.11. The Balaban J connectivity index is 0. The van der Waals surface area contributed by atoms with Crippen LogP contribution in [0.4, 0.5) is 4.79 Å². The molecule has 0 aliphatic heterocycles. The predicted molar refractivity (Wildman–Crippen MR) is 72.8 cm³/mol. The zero-order chi connectivity index (χ0) is 12.3. The van der Waals surface area contributed by atoms with Gasteiger partial charge < -0.3 is 14.5 Å². The third-order valence-corrected chi connectivity index (χ3v) is 1.79. The third-order valence-electron chi connectivity index (χ3n) is 1.79. The van der Waals surface area contributed by atoms with E-state index in [-0.39, 0.29) is 6.09 Å². The van der Waals surface area contributed by atoms with E-state index in [1.807, 2.05) is 37.8 Å². The van der Waals surface area contributed by atoms with Gasteiger partial charge in [-0.1, -0.05) is 22.6 Å². The molecule has 0 saturated heterocycles. The van der Waals surface area contributed by atoms with Crippen LogP contribution >= 0.6 is 22.6 Å². The first kappa shape index (κ1) is 17.4. The van der Waals surface area contributed by atoms with Crippen molar-refractivity contribution in [1.82, 2.24) is 9.80 Å². The summed E-state index contributed by atoms with van der Waals surface area (Å²) in [5, 5.41) is 0. The van der Waals surface area contributed by atoms with Gasteiger partial charge in [-0.15, -0.1) is 0 Å². The third kappa shape index (κ3) is 10.2. The number of hydrogen-bond donors (Lipinski definition) is 0. The Bertz CT molecular complexity index is 150. The largest absolute Gasteiger partial charge is 0.448 e. The molecule has 0 rings (SSSR count). The lowest BCUT2D eigenvalue weighted by Gasteiger charge is -2.18. The van der Waals surface area contributed by atoms with E-state index in [0.717, 1.165) is 6.54 Å². The van der Waals surface area contributed by atoms with Gasteiger partial charge in [0.15, 0.2) is 0 Å².